The Morgan fingerprint density at radius 1 is 1.00 bits per heavy atom. The van der Waals surface area contributed by atoms with Crippen molar-refractivity contribution in [2.75, 3.05) is 6.61 Å². The summed E-state index contributed by atoms with van der Waals surface area (Å²) in [5.41, 5.74) is 2.38. The molecule has 4 rings (SSSR count). The van der Waals surface area contributed by atoms with Gasteiger partial charge >= 0.3 is 6.09 Å². The molecular weight excluding hydrogens is 398 g/mol. The minimum Gasteiger partial charge on any atom is -0.447 e. The van der Waals surface area contributed by atoms with Crippen molar-refractivity contribution in [1.82, 2.24) is 4.90 Å². The van der Waals surface area contributed by atoms with Crippen molar-refractivity contribution >= 4 is 12.0 Å². The number of hydrogen-bond donors (Lipinski definition) is 0. The van der Waals surface area contributed by atoms with Gasteiger partial charge in [-0.05, 0) is 42.7 Å². The maximum atomic E-state index is 12.8. The van der Waals surface area contributed by atoms with Crippen LogP contribution in [0.2, 0.25) is 0 Å². The monoisotopic (exact) mass is 435 g/mol. The van der Waals surface area contributed by atoms with Crippen LogP contribution in [0.5, 0.6) is 0 Å². The van der Waals surface area contributed by atoms with Gasteiger partial charge in [-0.3, -0.25) is 4.79 Å². The molecule has 1 saturated carbocycles. The first-order valence-corrected chi connectivity index (χ1v) is 12.1. The maximum Gasteiger partial charge on any atom is 0.416 e. The van der Waals surface area contributed by atoms with Crippen LogP contribution in [0.15, 0.2) is 60.7 Å². The molecule has 32 heavy (non-hydrogen) atoms. The van der Waals surface area contributed by atoms with E-state index < -0.39 is 6.09 Å². The van der Waals surface area contributed by atoms with Crippen molar-refractivity contribution in [3.05, 3.63) is 71.8 Å². The molecule has 2 atom stereocenters. The molecule has 2 unspecified atom stereocenters. The number of carbonyl (C=O) groups excluding carboxylic acids is 2. The van der Waals surface area contributed by atoms with Crippen LogP contribution in [0.1, 0.15) is 63.5 Å². The number of aryl methyl sites for hydroxylation is 1. The summed E-state index contributed by atoms with van der Waals surface area (Å²) in [6.07, 6.45) is 8.69. The Bertz CT molecular complexity index is 830. The van der Waals surface area contributed by atoms with Crippen LogP contribution in [-0.4, -0.2) is 29.5 Å². The molecule has 0 bridgehead atoms. The zero-order chi connectivity index (χ0) is 22.8. The predicted molar refractivity (Wildman–Crippen MR) is 128 cm³/mol. The van der Waals surface area contributed by atoms with E-state index in [9.17, 15) is 9.59 Å². The molecule has 1 aliphatic heterocycles. The molecule has 1 heterocycles. The normalized spacial score (nSPS) is 19.2. The number of benzene rings is 2. The molecule has 0 aromatic heterocycles. The summed E-state index contributed by atoms with van der Waals surface area (Å²) in [4.78, 5) is 26.3. The lowest BCUT2D eigenvalue weighted by atomic mass is 9.98. The van der Waals surface area contributed by atoms with E-state index in [0.717, 1.165) is 30.7 Å². The van der Waals surface area contributed by atoms with Crippen molar-refractivity contribution in [3.8, 4) is 0 Å². The van der Waals surface area contributed by atoms with Crippen molar-refractivity contribution in [1.29, 1.82) is 0 Å². The van der Waals surface area contributed by atoms with Crippen molar-refractivity contribution in [2.45, 2.75) is 71.3 Å². The smallest absolute Gasteiger partial charge is 0.416 e. The molecule has 4 heteroatoms. The van der Waals surface area contributed by atoms with Crippen LogP contribution >= 0.6 is 0 Å². The van der Waals surface area contributed by atoms with Crippen molar-refractivity contribution < 1.29 is 14.3 Å². The summed E-state index contributed by atoms with van der Waals surface area (Å²) in [6, 6.07) is 19.9. The quantitative estimate of drug-likeness (QED) is 0.503. The highest BCUT2D eigenvalue weighted by Crippen LogP contribution is 2.23. The second-order valence-electron chi connectivity index (χ2n) is 9.30. The first-order chi connectivity index (χ1) is 15.5. The zero-order valence-electron chi connectivity index (χ0n) is 19.5. The van der Waals surface area contributed by atoms with E-state index in [-0.39, 0.29) is 24.5 Å². The fraction of sp³-hybridized carbons (Fsp3) is 0.500. The number of amides is 2. The molecule has 0 spiro atoms. The second-order valence-corrected chi connectivity index (χ2v) is 9.30. The summed E-state index contributed by atoms with van der Waals surface area (Å²) in [6.45, 7) is 4.52. The number of imide groups is 1. The summed E-state index contributed by atoms with van der Waals surface area (Å²) >= 11 is 0. The third-order valence-corrected chi connectivity index (χ3v) is 6.52. The van der Waals surface area contributed by atoms with Crippen molar-refractivity contribution in [2.24, 2.45) is 11.8 Å². The summed E-state index contributed by atoms with van der Waals surface area (Å²) in [7, 11) is 0. The number of ether oxygens (including phenoxy) is 1. The van der Waals surface area contributed by atoms with Gasteiger partial charge in [-0.25, -0.2) is 9.69 Å². The lowest BCUT2D eigenvalue weighted by Crippen LogP contribution is -2.43. The van der Waals surface area contributed by atoms with Crippen LogP contribution < -0.4 is 0 Å². The molecule has 2 aromatic carbocycles. The van der Waals surface area contributed by atoms with Gasteiger partial charge in [0.1, 0.15) is 6.61 Å². The van der Waals surface area contributed by atoms with Gasteiger partial charge in [-0.1, -0.05) is 100 Å². The minimum atomic E-state index is -0.508. The van der Waals surface area contributed by atoms with Crippen molar-refractivity contribution in [3.63, 3.8) is 0 Å². The number of carbonyl (C=O) groups is 2. The predicted octanol–water partition coefficient (Wildman–Crippen LogP) is 6.43. The summed E-state index contributed by atoms with van der Waals surface area (Å²) < 4.78 is 5.16. The molecule has 4 nitrogen and oxygen atoms in total. The molecule has 172 valence electrons. The van der Waals surface area contributed by atoms with Gasteiger partial charge in [0.05, 0.1) is 6.04 Å². The molecule has 2 aliphatic rings. The van der Waals surface area contributed by atoms with E-state index in [2.05, 4.69) is 19.1 Å². The highest BCUT2D eigenvalue weighted by molar-refractivity contribution is 5.94. The number of hydrogen-bond acceptors (Lipinski definition) is 3. The lowest BCUT2D eigenvalue weighted by molar-refractivity contribution is -0.133. The Kier molecular flexibility index (Phi) is 9.33. The Hall–Kier alpha value is -2.62. The van der Waals surface area contributed by atoms with Gasteiger partial charge in [0.2, 0.25) is 5.91 Å². The lowest BCUT2D eigenvalue weighted by Gasteiger charge is -2.23. The average molecular weight is 436 g/mol. The number of cyclic esters (lactones) is 1. The molecule has 2 amide bonds. The summed E-state index contributed by atoms with van der Waals surface area (Å²) in [5.74, 6) is 0.731. The van der Waals surface area contributed by atoms with Crippen LogP contribution in [0.25, 0.3) is 0 Å². The van der Waals surface area contributed by atoms with Gasteiger partial charge < -0.3 is 4.74 Å². The van der Waals surface area contributed by atoms with Gasteiger partial charge in [-0.2, -0.15) is 0 Å². The van der Waals surface area contributed by atoms with E-state index in [4.69, 9.17) is 4.74 Å². The van der Waals surface area contributed by atoms with Crippen LogP contribution in [0.4, 0.5) is 4.79 Å². The Balaban J connectivity index is 0.000000416. The number of nitrogens with zero attached hydrogens (tertiary/aromatic N) is 1. The van der Waals surface area contributed by atoms with Gasteiger partial charge in [0, 0.05) is 5.92 Å². The van der Waals surface area contributed by atoms with Gasteiger partial charge in [0.25, 0.3) is 0 Å². The maximum absolute atomic E-state index is 12.8. The highest BCUT2D eigenvalue weighted by Gasteiger charge is 2.39. The molecular formula is C28H37NO3. The SMILES string of the molecule is CC(CCCc1ccccc1)C(=O)N1C(=O)OCC1Cc1ccccc1.CC1CCCC1. The Morgan fingerprint density at radius 2 is 1.59 bits per heavy atom. The average Bonchev–Trinajstić information content (AvgIpc) is 3.43. The molecule has 0 N–H and O–H groups in total. The standard InChI is InChI=1S/C22H25NO3.C6H12/c1-17(9-8-14-18-10-4-2-5-11-18)21(24)23-20(16-26-22(23)25)15-19-12-6-3-7-13-19;1-6-4-2-3-5-6/h2-7,10-13,17,20H,8-9,14-16H2,1H3;6H,2-5H2,1H3. The van der Waals surface area contributed by atoms with E-state index in [1.54, 1.807) is 0 Å². The number of rotatable bonds is 7. The molecule has 0 radical (unpaired) electrons. The fourth-order valence-corrected chi connectivity index (χ4v) is 4.51. The minimum absolute atomic E-state index is 0.124. The largest absolute Gasteiger partial charge is 0.447 e. The van der Waals surface area contributed by atoms with E-state index in [1.807, 2.05) is 55.5 Å². The third-order valence-electron chi connectivity index (χ3n) is 6.52. The van der Waals surface area contributed by atoms with E-state index in [1.165, 1.54) is 36.1 Å². The molecule has 1 saturated heterocycles. The Morgan fingerprint density at radius 3 is 2.16 bits per heavy atom. The first kappa shape index (κ1) is 24.0. The third kappa shape index (κ3) is 7.22. The highest BCUT2D eigenvalue weighted by atomic mass is 16.6. The zero-order valence-corrected chi connectivity index (χ0v) is 19.5. The molecule has 1 aliphatic carbocycles. The molecule has 2 fully saturated rings. The van der Waals surface area contributed by atoms with E-state index >= 15 is 0 Å². The van der Waals surface area contributed by atoms with Gasteiger partial charge in [-0.15, -0.1) is 0 Å². The van der Waals surface area contributed by atoms with E-state index in [0.29, 0.717) is 6.42 Å². The fourth-order valence-electron chi connectivity index (χ4n) is 4.51. The molecule has 2 aromatic rings. The van der Waals surface area contributed by atoms with Crippen LogP contribution in [-0.2, 0) is 22.4 Å². The topological polar surface area (TPSA) is 46.6 Å². The van der Waals surface area contributed by atoms with Gasteiger partial charge in [0.15, 0.2) is 0 Å². The van der Waals surface area contributed by atoms with Crippen LogP contribution in [0, 0.1) is 11.8 Å². The first-order valence-electron chi connectivity index (χ1n) is 12.1. The van der Waals surface area contributed by atoms with Crippen LogP contribution in [0.3, 0.4) is 0 Å². The second kappa shape index (κ2) is 12.4. The summed E-state index contributed by atoms with van der Waals surface area (Å²) in [5, 5.41) is 0. The Labute approximate surface area is 193 Å².